The standard InChI is InChI=1S/C28H29ClN2O3/c1-28(27(33)30(2)19-21-12-14-24(29)15-13-21)16-17-31(28)26(32)18-23-10-6-7-11-25(23)34-20-22-8-4-3-5-9-22/h3-15H,16-20H2,1-2H3. The predicted octanol–water partition coefficient (Wildman–Crippen LogP) is 5.11. The van der Waals surface area contributed by atoms with Gasteiger partial charge in [-0.25, -0.2) is 0 Å². The number of halogens is 1. The minimum atomic E-state index is -0.835. The first-order valence-electron chi connectivity index (χ1n) is 11.4. The van der Waals surface area contributed by atoms with Gasteiger partial charge >= 0.3 is 0 Å². The van der Waals surface area contributed by atoms with Crippen molar-refractivity contribution in [1.29, 1.82) is 0 Å². The Balaban J connectivity index is 1.40. The Labute approximate surface area is 205 Å². The van der Waals surface area contributed by atoms with E-state index in [-0.39, 0.29) is 18.2 Å². The number of ether oxygens (including phenoxy) is 1. The fraction of sp³-hybridized carbons (Fsp3) is 0.286. The van der Waals surface area contributed by atoms with Crippen molar-refractivity contribution in [3.8, 4) is 5.75 Å². The molecule has 0 aromatic heterocycles. The summed E-state index contributed by atoms with van der Waals surface area (Å²) < 4.78 is 6.01. The Morgan fingerprint density at radius 3 is 2.32 bits per heavy atom. The van der Waals surface area contributed by atoms with Crippen LogP contribution in [-0.4, -0.2) is 40.7 Å². The zero-order valence-corrected chi connectivity index (χ0v) is 20.3. The van der Waals surface area contributed by atoms with E-state index in [0.717, 1.165) is 16.7 Å². The average molecular weight is 477 g/mol. The zero-order chi connectivity index (χ0) is 24.1. The smallest absolute Gasteiger partial charge is 0.248 e. The maximum atomic E-state index is 13.3. The van der Waals surface area contributed by atoms with Crippen LogP contribution in [0, 0.1) is 0 Å². The van der Waals surface area contributed by atoms with E-state index in [4.69, 9.17) is 16.3 Å². The molecule has 1 aliphatic heterocycles. The zero-order valence-electron chi connectivity index (χ0n) is 19.5. The maximum Gasteiger partial charge on any atom is 0.248 e. The van der Waals surface area contributed by atoms with E-state index in [2.05, 4.69) is 0 Å². The third-order valence-corrected chi connectivity index (χ3v) is 6.66. The van der Waals surface area contributed by atoms with Gasteiger partial charge in [0.1, 0.15) is 17.9 Å². The molecule has 2 amide bonds. The van der Waals surface area contributed by atoms with Crippen molar-refractivity contribution in [2.75, 3.05) is 13.6 Å². The molecule has 1 unspecified atom stereocenters. The summed E-state index contributed by atoms with van der Waals surface area (Å²) in [7, 11) is 1.77. The molecular formula is C28H29ClN2O3. The topological polar surface area (TPSA) is 49.9 Å². The number of likely N-dealkylation sites (N-methyl/N-ethyl adjacent to an activating group) is 1. The lowest BCUT2D eigenvalue weighted by atomic mass is 9.84. The maximum absolute atomic E-state index is 13.3. The molecule has 1 atom stereocenters. The lowest BCUT2D eigenvalue weighted by molar-refractivity contribution is -0.163. The van der Waals surface area contributed by atoms with E-state index in [9.17, 15) is 9.59 Å². The van der Waals surface area contributed by atoms with E-state index in [0.29, 0.717) is 36.9 Å². The first kappa shape index (κ1) is 23.8. The monoisotopic (exact) mass is 476 g/mol. The van der Waals surface area contributed by atoms with Crippen LogP contribution >= 0.6 is 11.6 Å². The number of rotatable bonds is 8. The molecule has 0 aliphatic carbocycles. The van der Waals surface area contributed by atoms with Gasteiger partial charge in [-0.05, 0) is 42.7 Å². The summed E-state index contributed by atoms with van der Waals surface area (Å²) in [4.78, 5) is 29.9. The van der Waals surface area contributed by atoms with E-state index in [1.165, 1.54) is 0 Å². The van der Waals surface area contributed by atoms with Gasteiger partial charge in [-0.1, -0.05) is 72.3 Å². The molecule has 1 fully saturated rings. The van der Waals surface area contributed by atoms with Gasteiger partial charge < -0.3 is 14.5 Å². The van der Waals surface area contributed by atoms with Crippen LogP contribution in [0.15, 0.2) is 78.9 Å². The number of likely N-dealkylation sites (tertiary alicyclic amines) is 1. The molecule has 0 spiro atoms. The number of carbonyl (C=O) groups is 2. The molecule has 3 aromatic carbocycles. The molecule has 1 saturated heterocycles. The van der Waals surface area contributed by atoms with E-state index >= 15 is 0 Å². The largest absolute Gasteiger partial charge is 0.489 e. The van der Waals surface area contributed by atoms with E-state index in [1.54, 1.807) is 16.8 Å². The summed E-state index contributed by atoms with van der Waals surface area (Å²) in [6.07, 6.45) is 0.837. The molecular weight excluding hydrogens is 448 g/mol. The predicted molar refractivity (Wildman–Crippen MR) is 134 cm³/mol. The molecule has 0 N–H and O–H groups in total. The lowest BCUT2D eigenvalue weighted by Crippen LogP contribution is -2.67. The summed E-state index contributed by atoms with van der Waals surface area (Å²) in [5.74, 6) is 0.557. The average Bonchev–Trinajstić information content (AvgIpc) is 2.84. The fourth-order valence-electron chi connectivity index (χ4n) is 4.31. The first-order valence-corrected chi connectivity index (χ1v) is 11.8. The van der Waals surface area contributed by atoms with Gasteiger partial charge in [-0.3, -0.25) is 9.59 Å². The minimum absolute atomic E-state index is 0.0596. The molecule has 6 heteroatoms. The van der Waals surface area contributed by atoms with Crippen LogP contribution in [-0.2, 0) is 29.2 Å². The van der Waals surface area contributed by atoms with E-state index in [1.807, 2.05) is 85.8 Å². The molecule has 0 radical (unpaired) electrons. The molecule has 5 nitrogen and oxygen atoms in total. The van der Waals surface area contributed by atoms with Gasteiger partial charge in [0, 0.05) is 30.7 Å². The number of amides is 2. The Morgan fingerprint density at radius 2 is 1.65 bits per heavy atom. The highest BCUT2D eigenvalue weighted by Gasteiger charge is 2.50. The van der Waals surface area contributed by atoms with Crippen molar-refractivity contribution in [1.82, 2.24) is 9.80 Å². The molecule has 1 heterocycles. The van der Waals surface area contributed by atoms with Gasteiger partial charge in [-0.15, -0.1) is 0 Å². The molecule has 0 bridgehead atoms. The summed E-state index contributed by atoms with van der Waals surface area (Å²) in [6.45, 7) is 3.32. The van der Waals surface area contributed by atoms with Gasteiger partial charge in [-0.2, -0.15) is 0 Å². The van der Waals surface area contributed by atoms with Gasteiger partial charge in [0.05, 0.1) is 6.42 Å². The van der Waals surface area contributed by atoms with Crippen molar-refractivity contribution < 1.29 is 14.3 Å². The second kappa shape index (κ2) is 10.3. The summed E-state index contributed by atoms with van der Waals surface area (Å²) in [6, 6.07) is 25.0. The second-order valence-electron chi connectivity index (χ2n) is 8.92. The van der Waals surface area contributed by atoms with Crippen molar-refractivity contribution in [2.24, 2.45) is 0 Å². The quantitative estimate of drug-likeness (QED) is 0.454. The van der Waals surface area contributed by atoms with Crippen LogP contribution in [0.3, 0.4) is 0 Å². The number of para-hydroxylation sites is 1. The number of benzene rings is 3. The second-order valence-corrected chi connectivity index (χ2v) is 9.35. The Bertz CT molecular complexity index is 1150. The normalized spacial score (nSPS) is 17.1. The molecule has 1 aliphatic rings. The number of hydrogen-bond acceptors (Lipinski definition) is 3. The Morgan fingerprint density at radius 1 is 0.971 bits per heavy atom. The fourth-order valence-corrected chi connectivity index (χ4v) is 4.44. The van der Waals surface area contributed by atoms with Crippen molar-refractivity contribution in [3.63, 3.8) is 0 Å². The third kappa shape index (κ3) is 5.26. The van der Waals surface area contributed by atoms with Crippen LogP contribution in [0.1, 0.15) is 30.0 Å². The Hall–Kier alpha value is -3.31. The summed E-state index contributed by atoms with van der Waals surface area (Å²) in [5, 5.41) is 0.661. The van der Waals surface area contributed by atoms with Crippen LogP contribution in [0.25, 0.3) is 0 Å². The number of carbonyl (C=O) groups excluding carboxylic acids is 2. The summed E-state index contributed by atoms with van der Waals surface area (Å²) in [5.41, 5.74) is 2.04. The van der Waals surface area contributed by atoms with Crippen molar-refractivity contribution >= 4 is 23.4 Å². The molecule has 0 saturated carbocycles. The van der Waals surface area contributed by atoms with Crippen LogP contribution in [0.4, 0.5) is 0 Å². The number of hydrogen-bond donors (Lipinski definition) is 0. The molecule has 3 aromatic rings. The number of nitrogens with zero attached hydrogens (tertiary/aromatic N) is 2. The highest BCUT2D eigenvalue weighted by atomic mass is 35.5. The van der Waals surface area contributed by atoms with Crippen LogP contribution in [0.5, 0.6) is 5.75 Å². The van der Waals surface area contributed by atoms with Crippen molar-refractivity contribution in [3.05, 3.63) is 101 Å². The van der Waals surface area contributed by atoms with Crippen molar-refractivity contribution in [2.45, 2.75) is 38.5 Å². The SMILES string of the molecule is CN(Cc1ccc(Cl)cc1)C(=O)C1(C)CCN1C(=O)Cc1ccccc1OCc1ccccc1. The minimum Gasteiger partial charge on any atom is -0.489 e. The van der Waals surface area contributed by atoms with Gasteiger partial charge in [0.15, 0.2) is 0 Å². The van der Waals surface area contributed by atoms with Gasteiger partial charge in [0.2, 0.25) is 11.8 Å². The van der Waals surface area contributed by atoms with E-state index < -0.39 is 5.54 Å². The highest BCUT2D eigenvalue weighted by molar-refractivity contribution is 6.30. The van der Waals surface area contributed by atoms with Gasteiger partial charge in [0.25, 0.3) is 0 Å². The van der Waals surface area contributed by atoms with Crippen LogP contribution in [0.2, 0.25) is 5.02 Å². The Kier molecular flexibility index (Phi) is 7.23. The van der Waals surface area contributed by atoms with Crippen LogP contribution < -0.4 is 4.74 Å². The highest BCUT2D eigenvalue weighted by Crippen LogP contribution is 2.34. The lowest BCUT2D eigenvalue weighted by Gasteiger charge is -2.50. The first-order chi connectivity index (χ1) is 16.4. The molecule has 34 heavy (non-hydrogen) atoms. The molecule has 176 valence electrons. The summed E-state index contributed by atoms with van der Waals surface area (Å²) >= 11 is 5.96. The molecule has 4 rings (SSSR count). The third-order valence-electron chi connectivity index (χ3n) is 6.41.